The van der Waals surface area contributed by atoms with Crippen LogP contribution in [0.15, 0.2) is 47.6 Å². The van der Waals surface area contributed by atoms with Crippen LogP contribution < -0.4 is 15.5 Å². The Hall–Kier alpha value is -2.32. The van der Waals surface area contributed by atoms with E-state index >= 15 is 0 Å². The molecule has 9 heteroatoms. The van der Waals surface area contributed by atoms with Gasteiger partial charge in [0.15, 0.2) is 5.11 Å². The molecule has 0 atom stereocenters. The Morgan fingerprint density at radius 3 is 2.53 bits per heavy atom. The molecular formula is C21H23ClF3N3OS. The Balaban J connectivity index is 1.83. The average molecular weight is 458 g/mol. The molecule has 0 fully saturated rings. The third-order valence-corrected chi connectivity index (χ3v) is 4.59. The summed E-state index contributed by atoms with van der Waals surface area (Å²) in [4.78, 5) is 0. The van der Waals surface area contributed by atoms with Crippen LogP contribution in [-0.2, 0) is 6.18 Å². The van der Waals surface area contributed by atoms with Crippen molar-refractivity contribution in [3.05, 3.63) is 58.6 Å². The van der Waals surface area contributed by atoms with Crippen LogP contribution in [0.2, 0.25) is 5.02 Å². The van der Waals surface area contributed by atoms with Crippen molar-refractivity contribution in [3.63, 3.8) is 0 Å². The van der Waals surface area contributed by atoms with Crippen LogP contribution in [0.25, 0.3) is 0 Å². The zero-order valence-corrected chi connectivity index (χ0v) is 18.0. The van der Waals surface area contributed by atoms with E-state index in [1.165, 1.54) is 19.1 Å². The van der Waals surface area contributed by atoms with E-state index in [0.29, 0.717) is 6.61 Å². The van der Waals surface area contributed by atoms with Crippen molar-refractivity contribution in [3.8, 4) is 5.75 Å². The summed E-state index contributed by atoms with van der Waals surface area (Å²) in [6.07, 6.45) is 1.65. The Bertz CT molecular complexity index is 858. The minimum absolute atomic E-state index is 0.0134. The molecule has 0 saturated carbocycles. The molecule has 0 radical (unpaired) electrons. The standard InChI is InChI=1S/C21H23ClF3N3OS/c1-2-3-4-5-12-29-17-9-6-15(7-10-17)14-26-28-20(30)27-19-13-16(21(23,24)25)8-11-18(19)22/h6-11,13-14H,2-5,12H2,1H3,(H2,27,28,30)/b26-14+. The molecule has 0 amide bonds. The number of hydrazone groups is 1. The zero-order chi connectivity index (χ0) is 22.0. The lowest BCUT2D eigenvalue weighted by molar-refractivity contribution is -0.137. The molecule has 2 aromatic rings. The fraction of sp³-hybridized carbons (Fsp3) is 0.333. The van der Waals surface area contributed by atoms with E-state index < -0.39 is 11.7 Å². The minimum atomic E-state index is -4.47. The maximum absolute atomic E-state index is 12.8. The van der Waals surface area contributed by atoms with Crippen LogP contribution >= 0.6 is 23.8 Å². The highest BCUT2D eigenvalue weighted by atomic mass is 35.5. The molecule has 0 aliphatic heterocycles. The molecule has 0 aliphatic carbocycles. The summed E-state index contributed by atoms with van der Waals surface area (Å²) >= 11 is 11.0. The normalized spacial score (nSPS) is 11.5. The average Bonchev–Trinajstić information content (AvgIpc) is 2.70. The molecule has 0 spiro atoms. The molecule has 2 N–H and O–H groups in total. The molecule has 162 valence electrons. The summed E-state index contributed by atoms with van der Waals surface area (Å²) in [5.41, 5.74) is 2.57. The SMILES string of the molecule is CCCCCCOc1ccc(/C=N/NC(=S)Nc2cc(C(F)(F)F)ccc2Cl)cc1. The van der Waals surface area contributed by atoms with Gasteiger partial charge in [0.2, 0.25) is 0 Å². The molecule has 0 bridgehead atoms. The predicted octanol–water partition coefficient (Wildman–Crippen LogP) is 6.64. The van der Waals surface area contributed by atoms with E-state index in [-0.39, 0.29) is 15.8 Å². The van der Waals surface area contributed by atoms with Gasteiger partial charge in [0.1, 0.15) is 5.75 Å². The lowest BCUT2D eigenvalue weighted by Crippen LogP contribution is -2.24. The summed E-state index contributed by atoms with van der Waals surface area (Å²) in [6.45, 7) is 2.85. The molecule has 30 heavy (non-hydrogen) atoms. The van der Waals surface area contributed by atoms with Crippen molar-refractivity contribution in [2.75, 3.05) is 11.9 Å². The molecule has 0 unspecified atom stereocenters. The fourth-order valence-corrected chi connectivity index (χ4v) is 2.81. The lowest BCUT2D eigenvalue weighted by atomic mass is 10.2. The first-order valence-electron chi connectivity index (χ1n) is 9.49. The van der Waals surface area contributed by atoms with Gasteiger partial charge in [0.25, 0.3) is 0 Å². The number of rotatable bonds is 9. The topological polar surface area (TPSA) is 45.6 Å². The first kappa shape index (κ1) is 24.0. The van der Waals surface area contributed by atoms with Crippen LogP contribution in [0.3, 0.4) is 0 Å². The number of anilines is 1. The van der Waals surface area contributed by atoms with Crippen molar-refractivity contribution < 1.29 is 17.9 Å². The summed E-state index contributed by atoms with van der Waals surface area (Å²) in [6, 6.07) is 10.3. The van der Waals surface area contributed by atoms with E-state index in [0.717, 1.165) is 42.4 Å². The first-order valence-corrected chi connectivity index (χ1v) is 10.3. The van der Waals surface area contributed by atoms with Crippen LogP contribution in [0, 0.1) is 0 Å². The van der Waals surface area contributed by atoms with Gasteiger partial charge in [-0.1, -0.05) is 37.8 Å². The number of halogens is 4. The van der Waals surface area contributed by atoms with Crippen molar-refractivity contribution in [2.24, 2.45) is 5.10 Å². The highest BCUT2D eigenvalue weighted by molar-refractivity contribution is 7.80. The van der Waals surface area contributed by atoms with Crippen LogP contribution in [0.5, 0.6) is 5.75 Å². The second-order valence-electron chi connectivity index (χ2n) is 6.49. The predicted molar refractivity (Wildman–Crippen MR) is 119 cm³/mol. The van der Waals surface area contributed by atoms with Crippen molar-refractivity contribution in [2.45, 2.75) is 38.8 Å². The van der Waals surface area contributed by atoms with E-state index in [1.807, 2.05) is 24.3 Å². The van der Waals surface area contributed by atoms with Gasteiger partial charge in [-0.2, -0.15) is 18.3 Å². The monoisotopic (exact) mass is 457 g/mol. The Kier molecular flexibility index (Phi) is 9.39. The smallest absolute Gasteiger partial charge is 0.416 e. The molecular weight excluding hydrogens is 435 g/mol. The second kappa shape index (κ2) is 11.8. The van der Waals surface area contributed by atoms with Gasteiger partial charge in [0.05, 0.1) is 29.1 Å². The van der Waals surface area contributed by atoms with E-state index in [2.05, 4.69) is 22.8 Å². The number of hydrogen-bond donors (Lipinski definition) is 2. The second-order valence-corrected chi connectivity index (χ2v) is 7.31. The van der Waals surface area contributed by atoms with E-state index in [4.69, 9.17) is 28.6 Å². The summed E-state index contributed by atoms with van der Waals surface area (Å²) < 4.78 is 44.1. The number of nitrogens with one attached hydrogen (secondary N) is 2. The Labute approximate surface area is 184 Å². The van der Waals surface area contributed by atoms with E-state index in [9.17, 15) is 13.2 Å². The summed E-state index contributed by atoms with van der Waals surface area (Å²) in [5, 5.41) is 6.72. The highest BCUT2D eigenvalue weighted by Gasteiger charge is 2.31. The highest BCUT2D eigenvalue weighted by Crippen LogP contribution is 2.33. The van der Waals surface area contributed by atoms with Crippen molar-refractivity contribution in [1.82, 2.24) is 5.43 Å². The maximum atomic E-state index is 12.8. The van der Waals surface area contributed by atoms with Crippen LogP contribution in [-0.4, -0.2) is 17.9 Å². The number of nitrogens with zero attached hydrogens (tertiary/aromatic N) is 1. The fourth-order valence-electron chi connectivity index (χ4n) is 2.48. The molecule has 0 saturated heterocycles. The first-order chi connectivity index (χ1) is 14.3. The molecule has 0 heterocycles. The molecule has 4 nitrogen and oxygen atoms in total. The van der Waals surface area contributed by atoms with Gasteiger partial charge in [-0.25, -0.2) is 0 Å². The Morgan fingerprint density at radius 1 is 1.13 bits per heavy atom. The number of hydrogen-bond acceptors (Lipinski definition) is 3. The quantitative estimate of drug-likeness (QED) is 0.192. The van der Waals surface area contributed by atoms with Gasteiger partial charge in [0, 0.05) is 0 Å². The third kappa shape index (κ3) is 8.20. The largest absolute Gasteiger partial charge is 0.494 e. The number of alkyl halides is 3. The molecule has 0 aliphatic rings. The third-order valence-electron chi connectivity index (χ3n) is 4.07. The van der Waals surface area contributed by atoms with Gasteiger partial charge in [-0.15, -0.1) is 0 Å². The van der Waals surface area contributed by atoms with Crippen molar-refractivity contribution >= 4 is 40.8 Å². The minimum Gasteiger partial charge on any atom is -0.494 e. The van der Waals surface area contributed by atoms with Gasteiger partial charge in [-0.05, 0) is 66.7 Å². The number of ether oxygens (including phenoxy) is 1. The lowest BCUT2D eigenvalue weighted by Gasteiger charge is -2.12. The zero-order valence-electron chi connectivity index (χ0n) is 16.4. The molecule has 0 aromatic heterocycles. The summed E-state index contributed by atoms with van der Waals surface area (Å²) in [5.74, 6) is 0.785. The molecule has 2 rings (SSSR count). The maximum Gasteiger partial charge on any atom is 0.416 e. The van der Waals surface area contributed by atoms with Crippen LogP contribution in [0.1, 0.15) is 43.7 Å². The number of thiocarbonyl (C=S) groups is 1. The van der Waals surface area contributed by atoms with Crippen molar-refractivity contribution in [1.29, 1.82) is 0 Å². The van der Waals surface area contributed by atoms with Gasteiger partial charge >= 0.3 is 6.18 Å². The van der Waals surface area contributed by atoms with Gasteiger partial charge < -0.3 is 10.1 Å². The molecule has 2 aromatic carbocycles. The number of benzene rings is 2. The van der Waals surface area contributed by atoms with Crippen LogP contribution in [0.4, 0.5) is 18.9 Å². The summed E-state index contributed by atoms with van der Waals surface area (Å²) in [7, 11) is 0. The van der Waals surface area contributed by atoms with Gasteiger partial charge in [-0.3, -0.25) is 5.43 Å². The van der Waals surface area contributed by atoms with E-state index in [1.54, 1.807) is 0 Å². The Morgan fingerprint density at radius 2 is 1.87 bits per heavy atom. The number of unbranched alkanes of at least 4 members (excludes halogenated alkanes) is 3.